The second-order valence-corrected chi connectivity index (χ2v) is 5.68. The molecule has 1 aromatic rings. The second-order valence-electron chi connectivity index (χ2n) is 5.68. The van der Waals surface area contributed by atoms with Gasteiger partial charge in [-0.15, -0.1) is 0 Å². The van der Waals surface area contributed by atoms with Gasteiger partial charge in [0.25, 0.3) is 5.91 Å². The summed E-state index contributed by atoms with van der Waals surface area (Å²) >= 11 is 0. The van der Waals surface area contributed by atoms with Crippen LogP contribution in [-0.4, -0.2) is 56.1 Å². The normalized spacial score (nSPS) is 11.3. The van der Waals surface area contributed by atoms with Gasteiger partial charge in [-0.05, 0) is 31.5 Å². The summed E-state index contributed by atoms with van der Waals surface area (Å²) in [5, 5.41) is 11.8. The van der Waals surface area contributed by atoms with Crippen molar-refractivity contribution in [2.24, 2.45) is 5.73 Å². The third-order valence-corrected chi connectivity index (χ3v) is 3.19. The Labute approximate surface area is 143 Å². The summed E-state index contributed by atoms with van der Waals surface area (Å²) in [4.78, 5) is 12.2. The molecule has 1 aromatic carbocycles. The molecule has 0 aliphatic heterocycles. The summed E-state index contributed by atoms with van der Waals surface area (Å²) in [6, 6.07) is 6.96. The standard InChI is InChI=1S/C17H28N2O5/c1-17(2,24-15-5-3-14(13-20)4-6-15)16(21)19-8-10-23-12-11-22-9-7-18/h3-6,20H,7-13,18H2,1-2H3,(H,19,21). The van der Waals surface area contributed by atoms with Crippen molar-refractivity contribution >= 4 is 5.91 Å². The third kappa shape index (κ3) is 7.74. The van der Waals surface area contributed by atoms with Gasteiger partial charge in [-0.2, -0.15) is 0 Å². The number of benzene rings is 1. The summed E-state index contributed by atoms with van der Waals surface area (Å²) in [5.41, 5.74) is 5.08. The predicted molar refractivity (Wildman–Crippen MR) is 90.8 cm³/mol. The summed E-state index contributed by atoms with van der Waals surface area (Å²) in [7, 11) is 0. The zero-order chi connectivity index (χ0) is 17.8. The van der Waals surface area contributed by atoms with Gasteiger partial charge in [0.15, 0.2) is 5.60 Å². The molecular formula is C17H28N2O5. The maximum atomic E-state index is 12.2. The number of carbonyl (C=O) groups is 1. The van der Waals surface area contributed by atoms with E-state index in [0.29, 0.717) is 45.3 Å². The third-order valence-electron chi connectivity index (χ3n) is 3.19. The minimum Gasteiger partial charge on any atom is -0.478 e. The van der Waals surface area contributed by atoms with Gasteiger partial charge >= 0.3 is 0 Å². The first-order valence-corrected chi connectivity index (χ1v) is 8.02. The van der Waals surface area contributed by atoms with Crippen LogP contribution in [0.1, 0.15) is 19.4 Å². The zero-order valence-electron chi connectivity index (χ0n) is 14.4. The van der Waals surface area contributed by atoms with E-state index in [1.807, 2.05) is 0 Å². The van der Waals surface area contributed by atoms with Crippen molar-refractivity contribution in [3.8, 4) is 5.75 Å². The lowest BCUT2D eigenvalue weighted by Gasteiger charge is -2.25. The Hall–Kier alpha value is -1.67. The molecule has 0 aliphatic carbocycles. The molecule has 1 rings (SSSR count). The smallest absolute Gasteiger partial charge is 0.263 e. The van der Waals surface area contributed by atoms with Crippen LogP contribution in [0.2, 0.25) is 0 Å². The van der Waals surface area contributed by atoms with Gasteiger partial charge < -0.3 is 30.4 Å². The van der Waals surface area contributed by atoms with Gasteiger partial charge in [-0.1, -0.05) is 12.1 Å². The minimum atomic E-state index is -1.01. The van der Waals surface area contributed by atoms with Crippen LogP contribution in [0.3, 0.4) is 0 Å². The average molecular weight is 340 g/mol. The Morgan fingerprint density at radius 1 is 1.12 bits per heavy atom. The molecule has 0 saturated carbocycles. The van der Waals surface area contributed by atoms with Gasteiger partial charge in [0, 0.05) is 13.1 Å². The highest BCUT2D eigenvalue weighted by Crippen LogP contribution is 2.19. The molecule has 0 aliphatic rings. The molecule has 0 atom stereocenters. The Bertz CT molecular complexity index is 476. The summed E-state index contributed by atoms with van der Waals surface area (Å²) in [6.45, 7) is 6.13. The number of aliphatic hydroxyl groups is 1. The van der Waals surface area contributed by atoms with Gasteiger partial charge in [0.2, 0.25) is 0 Å². The largest absolute Gasteiger partial charge is 0.478 e. The second kappa shape index (κ2) is 11.0. The van der Waals surface area contributed by atoms with E-state index in [9.17, 15) is 4.79 Å². The van der Waals surface area contributed by atoms with Crippen LogP contribution in [0.15, 0.2) is 24.3 Å². The lowest BCUT2D eigenvalue weighted by Crippen LogP contribution is -2.47. The highest BCUT2D eigenvalue weighted by atomic mass is 16.5. The highest BCUT2D eigenvalue weighted by Gasteiger charge is 2.29. The molecule has 4 N–H and O–H groups in total. The summed E-state index contributed by atoms with van der Waals surface area (Å²) in [5.74, 6) is 0.345. The fourth-order valence-electron chi connectivity index (χ4n) is 1.86. The van der Waals surface area contributed by atoms with Crippen LogP contribution in [0.5, 0.6) is 5.75 Å². The summed E-state index contributed by atoms with van der Waals surface area (Å²) < 4.78 is 16.2. The lowest BCUT2D eigenvalue weighted by molar-refractivity contribution is -0.134. The first kappa shape index (κ1) is 20.4. The number of hydrogen-bond acceptors (Lipinski definition) is 6. The zero-order valence-corrected chi connectivity index (χ0v) is 14.4. The van der Waals surface area contributed by atoms with E-state index in [0.717, 1.165) is 5.56 Å². The van der Waals surface area contributed by atoms with Crippen LogP contribution in [0.25, 0.3) is 0 Å². The van der Waals surface area contributed by atoms with Gasteiger partial charge in [-0.25, -0.2) is 0 Å². The van der Waals surface area contributed by atoms with Crippen LogP contribution >= 0.6 is 0 Å². The number of aliphatic hydroxyl groups excluding tert-OH is 1. The van der Waals surface area contributed by atoms with Crippen molar-refractivity contribution in [1.82, 2.24) is 5.32 Å². The Kier molecular flexibility index (Phi) is 9.33. The molecule has 0 unspecified atom stereocenters. The molecule has 0 saturated heterocycles. The number of hydrogen-bond donors (Lipinski definition) is 3. The minimum absolute atomic E-state index is 0.0264. The van der Waals surface area contributed by atoms with E-state index in [1.165, 1.54) is 0 Å². The lowest BCUT2D eigenvalue weighted by atomic mass is 10.1. The molecule has 0 fully saturated rings. The molecule has 7 nitrogen and oxygen atoms in total. The monoisotopic (exact) mass is 340 g/mol. The van der Waals surface area contributed by atoms with E-state index < -0.39 is 5.60 Å². The number of carbonyl (C=O) groups excluding carboxylic acids is 1. The van der Waals surface area contributed by atoms with E-state index in [4.69, 9.17) is 25.1 Å². The highest BCUT2D eigenvalue weighted by molar-refractivity contribution is 5.84. The molecule has 136 valence electrons. The fraction of sp³-hybridized carbons (Fsp3) is 0.588. The summed E-state index contributed by atoms with van der Waals surface area (Å²) in [6.07, 6.45) is 0. The van der Waals surface area contributed by atoms with Crippen LogP contribution < -0.4 is 15.8 Å². The molecular weight excluding hydrogens is 312 g/mol. The van der Waals surface area contributed by atoms with Crippen molar-refractivity contribution in [3.63, 3.8) is 0 Å². The van der Waals surface area contributed by atoms with Gasteiger partial charge in [0.05, 0.1) is 33.0 Å². The maximum Gasteiger partial charge on any atom is 0.263 e. The van der Waals surface area contributed by atoms with Crippen LogP contribution in [0.4, 0.5) is 0 Å². The molecule has 0 radical (unpaired) electrons. The van der Waals surface area contributed by atoms with Crippen LogP contribution in [0, 0.1) is 0 Å². The number of nitrogens with one attached hydrogen (secondary N) is 1. The molecule has 0 aromatic heterocycles. The number of nitrogens with two attached hydrogens (primary N) is 1. The van der Waals surface area contributed by atoms with Crippen molar-refractivity contribution in [3.05, 3.63) is 29.8 Å². The quantitative estimate of drug-likeness (QED) is 0.477. The van der Waals surface area contributed by atoms with Gasteiger partial charge in [-0.3, -0.25) is 4.79 Å². The predicted octanol–water partition coefficient (Wildman–Crippen LogP) is 0.444. The van der Waals surface area contributed by atoms with Crippen molar-refractivity contribution in [1.29, 1.82) is 0 Å². The SMILES string of the molecule is CC(C)(Oc1ccc(CO)cc1)C(=O)NCCOCCOCCN. The van der Waals surface area contributed by atoms with Gasteiger partial charge in [0.1, 0.15) is 5.75 Å². The first-order valence-electron chi connectivity index (χ1n) is 8.02. The molecule has 0 spiro atoms. The van der Waals surface area contributed by atoms with E-state index in [2.05, 4.69) is 5.32 Å². The molecule has 0 bridgehead atoms. The first-order chi connectivity index (χ1) is 11.5. The average Bonchev–Trinajstić information content (AvgIpc) is 2.57. The number of rotatable bonds is 12. The van der Waals surface area contributed by atoms with Crippen LogP contribution in [-0.2, 0) is 20.9 Å². The number of ether oxygens (including phenoxy) is 3. The van der Waals surface area contributed by atoms with E-state index in [-0.39, 0.29) is 12.5 Å². The molecule has 1 amide bonds. The fourth-order valence-corrected chi connectivity index (χ4v) is 1.86. The Morgan fingerprint density at radius 2 is 1.75 bits per heavy atom. The molecule has 0 heterocycles. The van der Waals surface area contributed by atoms with Crippen molar-refractivity contribution in [2.45, 2.75) is 26.1 Å². The molecule has 7 heteroatoms. The van der Waals surface area contributed by atoms with E-state index >= 15 is 0 Å². The number of amides is 1. The van der Waals surface area contributed by atoms with Crippen molar-refractivity contribution in [2.75, 3.05) is 39.5 Å². The molecule has 24 heavy (non-hydrogen) atoms. The maximum absolute atomic E-state index is 12.2. The topological polar surface area (TPSA) is 103 Å². The Morgan fingerprint density at radius 3 is 2.33 bits per heavy atom. The van der Waals surface area contributed by atoms with Crippen molar-refractivity contribution < 1.29 is 24.1 Å². The Balaban J connectivity index is 2.26. The van der Waals surface area contributed by atoms with E-state index in [1.54, 1.807) is 38.1 Å².